The Hall–Kier alpha value is -2.77. The maximum absolute atomic E-state index is 12.2. The molecule has 0 heterocycles. The highest BCUT2D eigenvalue weighted by Gasteiger charge is 2.13. The lowest BCUT2D eigenvalue weighted by molar-refractivity contribution is -0.123. The fraction of sp³-hybridized carbons (Fsp3) is 0.222. The summed E-state index contributed by atoms with van der Waals surface area (Å²) in [5, 5.41) is 0.570. The number of amides is 2. The van der Waals surface area contributed by atoms with Gasteiger partial charge in [-0.3, -0.25) is 20.4 Å². The summed E-state index contributed by atoms with van der Waals surface area (Å²) in [6.45, 7) is 0.449. The fourth-order valence-corrected chi connectivity index (χ4v) is 2.05. The SMILES string of the molecule is COCCOc1ccccc1C(=O)NNC(=O)COc1ccc(Cl)cc1. The molecule has 0 aromatic heterocycles. The van der Waals surface area contributed by atoms with Crippen LogP contribution in [0.3, 0.4) is 0 Å². The minimum atomic E-state index is -0.508. The molecule has 0 aliphatic carbocycles. The molecule has 0 spiro atoms. The maximum atomic E-state index is 12.2. The molecule has 0 fully saturated rings. The number of carbonyl (C=O) groups excluding carboxylic acids is 2. The number of hydrogen-bond acceptors (Lipinski definition) is 5. The largest absolute Gasteiger partial charge is 0.490 e. The van der Waals surface area contributed by atoms with E-state index < -0.39 is 11.8 Å². The van der Waals surface area contributed by atoms with Gasteiger partial charge in [0.25, 0.3) is 11.8 Å². The second-order valence-corrected chi connectivity index (χ2v) is 5.52. The average Bonchev–Trinajstić information content (AvgIpc) is 2.66. The molecule has 138 valence electrons. The van der Waals surface area contributed by atoms with Crippen molar-refractivity contribution in [2.24, 2.45) is 0 Å². The summed E-state index contributed by atoms with van der Waals surface area (Å²) in [6.07, 6.45) is 0. The van der Waals surface area contributed by atoms with Gasteiger partial charge >= 0.3 is 0 Å². The van der Waals surface area contributed by atoms with E-state index >= 15 is 0 Å². The molecule has 7 nitrogen and oxygen atoms in total. The first-order chi connectivity index (χ1) is 12.6. The molecule has 8 heteroatoms. The van der Waals surface area contributed by atoms with E-state index in [9.17, 15) is 9.59 Å². The van der Waals surface area contributed by atoms with Crippen LogP contribution in [0.4, 0.5) is 0 Å². The number of para-hydroxylation sites is 1. The average molecular weight is 379 g/mol. The number of benzene rings is 2. The second kappa shape index (κ2) is 10.3. The van der Waals surface area contributed by atoms with Gasteiger partial charge in [-0.2, -0.15) is 0 Å². The fourth-order valence-electron chi connectivity index (χ4n) is 1.92. The Kier molecular flexibility index (Phi) is 7.73. The maximum Gasteiger partial charge on any atom is 0.276 e. The molecule has 2 aromatic carbocycles. The first-order valence-electron chi connectivity index (χ1n) is 7.78. The van der Waals surface area contributed by atoms with Crippen LogP contribution in [-0.4, -0.2) is 38.7 Å². The van der Waals surface area contributed by atoms with Gasteiger partial charge in [0.1, 0.15) is 18.1 Å². The zero-order valence-corrected chi connectivity index (χ0v) is 14.9. The van der Waals surface area contributed by atoms with Gasteiger partial charge in [0.05, 0.1) is 12.2 Å². The molecule has 0 aliphatic rings. The topological polar surface area (TPSA) is 85.9 Å². The van der Waals surface area contributed by atoms with Crippen molar-refractivity contribution in [3.63, 3.8) is 0 Å². The molecule has 0 unspecified atom stereocenters. The Morgan fingerprint density at radius 1 is 0.962 bits per heavy atom. The highest BCUT2D eigenvalue weighted by Crippen LogP contribution is 2.17. The van der Waals surface area contributed by atoms with E-state index in [1.54, 1.807) is 55.6 Å². The van der Waals surface area contributed by atoms with Crippen LogP contribution in [0.5, 0.6) is 11.5 Å². The number of nitrogens with one attached hydrogen (secondary N) is 2. The summed E-state index contributed by atoms with van der Waals surface area (Å²) >= 11 is 5.77. The second-order valence-electron chi connectivity index (χ2n) is 5.08. The number of halogens is 1. The molecular weight excluding hydrogens is 360 g/mol. The molecule has 0 bridgehead atoms. The van der Waals surface area contributed by atoms with E-state index in [0.29, 0.717) is 35.3 Å². The molecule has 2 amide bonds. The monoisotopic (exact) mass is 378 g/mol. The Morgan fingerprint density at radius 2 is 1.69 bits per heavy atom. The summed E-state index contributed by atoms with van der Waals surface area (Å²) in [6, 6.07) is 13.3. The Morgan fingerprint density at radius 3 is 2.42 bits per heavy atom. The third-order valence-corrected chi connectivity index (χ3v) is 3.43. The van der Waals surface area contributed by atoms with Crippen molar-refractivity contribution in [3.05, 3.63) is 59.1 Å². The first-order valence-corrected chi connectivity index (χ1v) is 8.16. The minimum absolute atomic E-state index is 0.256. The summed E-state index contributed by atoms with van der Waals surface area (Å²) in [7, 11) is 1.56. The van der Waals surface area contributed by atoms with E-state index in [1.165, 1.54) is 0 Å². The van der Waals surface area contributed by atoms with Gasteiger partial charge in [-0.15, -0.1) is 0 Å². The lowest BCUT2D eigenvalue weighted by atomic mass is 10.2. The zero-order valence-electron chi connectivity index (χ0n) is 14.2. The first kappa shape index (κ1) is 19.6. The lowest BCUT2D eigenvalue weighted by Crippen LogP contribution is -2.43. The van der Waals surface area contributed by atoms with Crippen LogP contribution >= 0.6 is 11.6 Å². The highest BCUT2D eigenvalue weighted by atomic mass is 35.5. The smallest absolute Gasteiger partial charge is 0.276 e. The normalized spacial score (nSPS) is 10.1. The van der Waals surface area contributed by atoms with Crippen molar-refractivity contribution >= 4 is 23.4 Å². The standard InChI is InChI=1S/C18H19ClN2O5/c1-24-10-11-25-16-5-3-2-4-15(16)18(23)21-20-17(22)12-26-14-8-6-13(19)7-9-14/h2-9H,10-12H2,1H3,(H,20,22)(H,21,23). The number of rotatable bonds is 8. The molecule has 0 radical (unpaired) electrons. The summed E-state index contributed by atoms with van der Waals surface area (Å²) < 4.78 is 15.7. The van der Waals surface area contributed by atoms with Crippen LogP contribution in [0.25, 0.3) is 0 Å². The minimum Gasteiger partial charge on any atom is -0.490 e. The van der Waals surface area contributed by atoms with Crippen LogP contribution in [0.15, 0.2) is 48.5 Å². The quantitative estimate of drug-likeness (QED) is 0.543. The zero-order chi connectivity index (χ0) is 18.8. The summed E-state index contributed by atoms with van der Waals surface area (Å²) in [4.78, 5) is 24.0. The van der Waals surface area contributed by atoms with Crippen molar-refractivity contribution in [2.45, 2.75) is 0 Å². The van der Waals surface area contributed by atoms with Gasteiger partial charge in [0.2, 0.25) is 0 Å². The van der Waals surface area contributed by atoms with Crippen LogP contribution in [0.1, 0.15) is 10.4 Å². The number of methoxy groups -OCH3 is 1. The third kappa shape index (κ3) is 6.27. The van der Waals surface area contributed by atoms with Gasteiger partial charge in [0.15, 0.2) is 6.61 Å². The number of carbonyl (C=O) groups is 2. The Labute approximate surface area is 156 Å². The molecule has 2 rings (SSSR count). The van der Waals surface area contributed by atoms with Crippen molar-refractivity contribution < 1.29 is 23.8 Å². The van der Waals surface area contributed by atoms with Gasteiger partial charge in [-0.25, -0.2) is 0 Å². The molecule has 2 aromatic rings. The molecule has 0 aliphatic heterocycles. The van der Waals surface area contributed by atoms with Crippen LogP contribution in [-0.2, 0) is 9.53 Å². The summed E-state index contributed by atoms with van der Waals surface area (Å²) in [5.41, 5.74) is 4.91. The van der Waals surface area contributed by atoms with Crippen molar-refractivity contribution in [1.29, 1.82) is 0 Å². The van der Waals surface area contributed by atoms with E-state index in [-0.39, 0.29) is 6.61 Å². The van der Waals surface area contributed by atoms with Gasteiger partial charge in [-0.1, -0.05) is 23.7 Å². The van der Waals surface area contributed by atoms with Crippen molar-refractivity contribution in [1.82, 2.24) is 10.9 Å². The van der Waals surface area contributed by atoms with Crippen LogP contribution in [0.2, 0.25) is 5.02 Å². The van der Waals surface area contributed by atoms with Gasteiger partial charge in [-0.05, 0) is 36.4 Å². The predicted molar refractivity (Wildman–Crippen MR) is 96.4 cm³/mol. The molecule has 2 N–H and O–H groups in total. The van der Waals surface area contributed by atoms with Crippen LogP contribution in [0, 0.1) is 0 Å². The Bertz CT molecular complexity index is 737. The molecular formula is C18H19ClN2O5. The predicted octanol–water partition coefficient (Wildman–Crippen LogP) is 2.21. The lowest BCUT2D eigenvalue weighted by Gasteiger charge is -2.12. The number of hydrazine groups is 1. The summed E-state index contributed by atoms with van der Waals surface area (Å²) in [5.74, 6) is -0.120. The van der Waals surface area contributed by atoms with E-state index in [0.717, 1.165) is 0 Å². The van der Waals surface area contributed by atoms with Gasteiger partial charge < -0.3 is 14.2 Å². The van der Waals surface area contributed by atoms with Crippen molar-refractivity contribution in [2.75, 3.05) is 26.9 Å². The van der Waals surface area contributed by atoms with E-state index in [4.69, 9.17) is 25.8 Å². The van der Waals surface area contributed by atoms with Crippen molar-refractivity contribution in [3.8, 4) is 11.5 Å². The molecule has 0 atom stereocenters. The molecule has 0 saturated heterocycles. The third-order valence-electron chi connectivity index (χ3n) is 3.18. The van der Waals surface area contributed by atoms with E-state index in [1.807, 2.05) is 0 Å². The van der Waals surface area contributed by atoms with Crippen LogP contribution < -0.4 is 20.3 Å². The highest BCUT2D eigenvalue weighted by molar-refractivity contribution is 6.30. The molecule has 0 saturated carbocycles. The number of ether oxygens (including phenoxy) is 3. The van der Waals surface area contributed by atoms with Gasteiger partial charge in [0, 0.05) is 12.1 Å². The number of hydrogen-bond donors (Lipinski definition) is 2. The van der Waals surface area contributed by atoms with E-state index in [2.05, 4.69) is 10.9 Å². The molecule has 26 heavy (non-hydrogen) atoms. The Balaban J connectivity index is 1.82.